The number of hydrogen-bond donors (Lipinski definition) is 1. The minimum atomic E-state index is -4.27. The lowest BCUT2D eigenvalue weighted by Crippen LogP contribution is -2.28. The fourth-order valence-electron chi connectivity index (χ4n) is 0.690. The van der Waals surface area contributed by atoms with Crippen LogP contribution in [0.15, 0.2) is 11.8 Å². The van der Waals surface area contributed by atoms with Gasteiger partial charge in [-0.25, -0.2) is 4.79 Å². The average molecular weight is 181 g/mol. The Morgan fingerprint density at radius 3 is 2.67 bits per heavy atom. The number of esters is 1. The summed E-state index contributed by atoms with van der Waals surface area (Å²) < 4.78 is 39.1. The van der Waals surface area contributed by atoms with Gasteiger partial charge in [0.25, 0.3) is 0 Å². The number of nitrogens with one attached hydrogen (secondary N) is 1. The van der Waals surface area contributed by atoms with Crippen molar-refractivity contribution in [1.82, 2.24) is 5.32 Å². The molecule has 3 nitrogen and oxygen atoms in total. The van der Waals surface area contributed by atoms with Crippen LogP contribution < -0.4 is 5.32 Å². The molecule has 0 bridgehead atoms. The van der Waals surface area contributed by atoms with Gasteiger partial charge in [0.05, 0.1) is 5.70 Å². The fourth-order valence-corrected chi connectivity index (χ4v) is 0.690. The third-order valence-corrected chi connectivity index (χ3v) is 1.18. The van der Waals surface area contributed by atoms with Crippen LogP contribution in [0.1, 0.15) is 0 Å². The molecule has 0 aliphatic carbocycles. The topological polar surface area (TPSA) is 38.3 Å². The van der Waals surface area contributed by atoms with E-state index in [4.69, 9.17) is 0 Å². The SMILES string of the molecule is O=C1C=C(NCC(F)(F)F)CO1. The normalized spacial score (nSPS) is 17.2. The first-order valence-electron chi connectivity index (χ1n) is 3.15. The van der Waals surface area contributed by atoms with E-state index in [2.05, 4.69) is 4.74 Å². The lowest BCUT2D eigenvalue weighted by atomic mass is 10.4. The standard InChI is InChI=1S/C6H6F3NO2/c7-6(8,9)3-10-4-1-5(11)12-2-4/h1,10H,2-3H2. The van der Waals surface area contributed by atoms with Gasteiger partial charge in [-0.2, -0.15) is 13.2 Å². The molecule has 0 fully saturated rings. The summed E-state index contributed by atoms with van der Waals surface area (Å²) in [4.78, 5) is 10.4. The van der Waals surface area contributed by atoms with E-state index in [1.807, 2.05) is 5.32 Å². The van der Waals surface area contributed by atoms with E-state index >= 15 is 0 Å². The second-order valence-corrected chi connectivity index (χ2v) is 2.25. The molecule has 1 aliphatic rings. The highest BCUT2D eigenvalue weighted by Gasteiger charge is 2.27. The van der Waals surface area contributed by atoms with Gasteiger partial charge in [0.2, 0.25) is 0 Å². The Hall–Kier alpha value is -1.20. The summed E-state index contributed by atoms with van der Waals surface area (Å²) in [6, 6.07) is 0. The Kier molecular flexibility index (Phi) is 2.25. The second kappa shape index (κ2) is 3.04. The fraction of sp³-hybridized carbons (Fsp3) is 0.500. The molecule has 68 valence electrons. The third-order valence-electron chi connectivity index (χ3n) is 1.18. The first-order chi connectivity index (χ1) is 5.47. The van der Waals surface area contributed by atoms with Crippen molar-refractivity contribution < 1.29 is 22.7 Å². The molecule has 0 spiro atoms. The minimum Gasteiger partial charge on any atom is -0.456 e. The number of ether oxygens (including phenoxy) is 1. The van der Waals surface area contributed by atoms with Crippen LogP contribution in [0.4, 0.5) is 13.2 Å². The highest BCUT2D eigenvalue weighted by atomic mass is 19.4. The van der Waals surface area contributed by atoms with E-state index in [0.29, 0.717) is 0 Å². The van der Waals surface area contributed by atoms with Crippen molar-refractivity contribution in [3.8, 4) is 0 Å². The molecule has 0 aromatic carbocycles. The smallest absolute Gasteiger partial charge is 0.405 e. The molecule has 6 heteroatoms. The third kappa shape index (κ3) is 2.81. The summed E-state index contributed by atoms with van der Waals surface area (Å²) in [7, 11) is 0. The molecule has 0 saturated carbocycles. The molecular weight excluding hydrogens is 175 g/mol. The molecule has 0 unspecified atom stereocenters. The van der Waals surface area contributed by atoms with Gasteiger partial charge < -0.3 is 10.1 Å². The Labute approximate surface area is 66.2 Å². The Bertz CT molecular complexity index is 221. The molecule has 0 aromatic heterocycles. The van der Waals surface area contributed by atoms with Gasteiger partial charge in [0, 0.05) is 6.08 Å². The second-order valence-electron chi connectivity index (χ2n) is 2.25. The molecule has 1 N–H and O–H groups in total. The van der Waals surface area contributed by atoms with Crippen LogP contribution in [0.2, 0.25) is 0 Å². The summed E-state index contributed by atoms with van der Waals surface area (Å²) in [5.41, 5.74) is 0.164. The zero-order valence-corrected chi connectivity index (χ0v) is 5.94. The number of carbonyl (C=O) groups excluding carboxylic acids is 1. The maximum Gasteiger partial charge on any atom is 0.405 e. The number of halogens is 3. The molecule has 0 aromatic rings. The number of rotatable bonds is 2. The van der Waals surface area contributed by atoms with Crippen LogP contribution in [-0.2, 0) is 9.53 Å². The van der Waals surface area contributed by atoms with E-state index < -0.39 is 18.7 Å². The van der Waals surface area contributed by atoms with E-state index in [-0.39, 0.29) is 12.3 Å². The van der Waals surface area contributed by atoms with Crippen molar-refractivity contribution in [3.63, 3.8) is 0 Å². The van der Waals surface area contributed by atoms with Gasteiger partial charge >= 0.3 is 12.1 Å². The molecule has 12 heavy (non-hydrogen) atoms. The van der Waals surface area contributed by atoms with E-state index in [1.165, 1.54) is 0 Å². The molecule has 1 heterocycles. The van der Waals surface area contributed by atoms with Gasteiger partial charge in [-0.05, 0) is 0 Å². The molecular formula is C6H6F3NO2. The summed E-state index contributed by atoms with van der Waals surface area (Å²) in [5, 5.41) is 2.04. The Morgan fingerprint density at radius 2 is 2.25 bits per heavy atom. The van der Waals surface area contributed by atoms with E-state index in [1.54, 1.807) is 0 Å². The number of hydrogen-bond acceptors (Lipinski definition) is 3. The lowest BCUT2D eigenvalue weighted by molar-refractivity contribution is -0.135. The van der Waals surface area contributed by atoms with Crippen LogP contribution >= 0.6 is 0 Å². The lowest BCUT2D eigenvalue weighted by Gasteiger charge is -2.08. The molecule has 0 radical (unpaired) electrons. The van der Waals surface area contributed by atoms with Gasteiger partial charge in [0.1, 0.15) is 13.2 Å². The number of alkyl halides is 3. The molecule has 1 rings (SSSR count). The molecule has 0 amide bonds. The Morgan fingerprint density at radius 1 is 1.58 bits per heavy atom. The average Bonchev–Trinajstić information content (AvgIpc) is 2.30. The summed E-state index contributed by atoms with van der Waals surface area (Å²) in [6.07, 6.45) is -3.27. The zero-order valence-electron chi connectivity index (χ0n) is 5.94. The first kappa shape index (κ1) is 8.89. The summed E-state index contributed by atoms with van der Waals surface area (Å²) in [6.45, 7) is -1.25. The quantitative estimate of drug-likeness (QED) is 0.633. The summed E-state index contributed by atoms with van der Waals surface area (Å²) in [5.74, 6) is -0.611. The largest absolute Gasteiger partial charge is 0.456 e. The molecule has 0 saturated heterocycles. The van der Waals surface area contributed by atoms with Crippen molar-refractivity contribution >= 4 is 5.97 Å². The van der Waals surface area contributed by atoms with Crippen LogP contribution in [0, 0.1) is 0 Å². The first-order valence-corrected chi connectivity index (χ1v) is 3.15. The minimum absolute atomic E-state index is 0.102. The maximum atomic E-state index is 11.6. The maximum absolute atomic E-state index is 11.6. The van der Waals surface area contributed by atoms with Crippen LogP contribution in [0.3, 0.4) is 0 Å². The Balaban J connectivity index is 2.34. The number of cyclic esters (lactones) is 1. The van der Waals surface area contributed by atoms with Gasteiger partial charge in [-0.15, -0.1) is 0 Å². The zero-order chi connectivity index (χ0) is 9.19. The van der Waals surface area contributed by atoms with Gasteiger partial charge in [0.15, 0.2) is 0 Å². The van der Waals surface area contributed by atoms with Crippen molar-refractivity contribution in [2.75, 3.05) is 13.2 Å². The van der Waals surface area contributed by atoms with E-state index in [0.717, 1.165) is 6.08 Å². The van der Waals surface area contributed by atoms with E-state index in [9.17, 15) is 18.0 Å². The highest BCUT2D eigenvalue weighted by Crippen LogP contribution is 2.13. The van der Waals surface area contributed by atoms with Gasteiger partial charge in [-0.3, -0.25) is 0 Å². The van der Waals surface area contributed by atoms with Crippen molar-refractivity contribution in [3.05, 3.63) is 11.8 Å². The van der Waals surface area contributed by atoms with Crippen LogP contribution in [0.5, 0.6) is 0 Å². The highest BCUT2D eigenvalue weighted by molar-refractivity contribution is 5.85. The van der Waals surface area contributed by atoms with Crippen molar-refractivity contribution in [2.45, 2.75) is 6.18 Å². The van der Waals surface area contributed by atoms with Crippen LogP contribution in [0.25, 0.3) is 0 Å². The monoisotopic (exact) mass is 181 g/mol. The van der Waals surface area contributed by atoms with Crippen molar-refractivity contribution in [1.29, 1.82) is 0 Å². The molecule has 0 atom stereocenters. The summed E-state index contributed by atoms with van der Waals surface area (Å²) >= 11 is 0. The molecule has 1 aliphatic heterocycles. The van der Waals surface area contributed by atoms with Crippen LogP contribution in [-0.4, -0.2) is 25.3 Å². The van der Waals surface area contributed by atoms with Crippen molar-refractivity contribution in [2.24, 2.45) is 0 Å². The predicted molar refractivity (Wildman–Crippen MR) is 33.1 cm³/mol. The van der Waals surface area contributed by atoms with Gasteiger partial charge in [-0.1, -0.05) is 0 Å². The predicted octanol–water partition coefficient (Wildman–Crippen LogP) is 0.579. The number of carbonyl (C=O) groups is 1.